The van der Waals surface area contributed by atoms with Crippen LogP contribution in [0.15, 0.2) is 24.3 Å². The Morgan fingerprint density at radius 2 is 1.92 bits per heavy atom. The number of hydrogen-bond acceptors (Lipinski definition) is 3. The van der Waals surface area contributed by atoms with E-state index in [0.29, 0.717) is 24.8 Å². The van der Waals surface area contributed by atoms with Gasteiger partial charge in [-0.25, -0.2) is 17.5 Å². The second-order valence-electron chi connectivity index (χ2n) is 7.15. The Hall–Kier alpha value is -1.40. The van der Waals surface area contributed by atoms with Gasteiger partial charge in [0, 0.05) is 13.1 Å². The van der Waals surface area contributed by atoms with Gasteiger partial charge >= 0.3 is 5.97 Å². The van der Waals surface area contributed by atoms with Crippen molar-refractivity contribution in [2.75, 3.05) is 18.8 Å². The molecule has 24 heavy (non-hydrogen) atoms. The standard InChI is InChI=1S/C18H25NO4S/c20-18(21)17-7-3-6-15(11-17)10-16-8-9-19(12-16)24(22,23)13-14-4-1-2-5-14/h3,6-7,11,14,16H,1-2,4-5,8-10,12-13H2,(H,20,21). The summed E-state index contributed by atoms with van der Waals surface area (Å²) in [7, 11) is -3.15. The lowest BCUT2D eigenvalue weighted by molar-refractivity contribution is 0.0696. The minimum absolute atomic E-state index is 0.271. The van der Waals surface area contributed by atoms with Crippen LogP contribution in [0.1, 0.15) is 48.0 Å². The monoisotopic (exact) mass is 351 g/mol. The third-order valence-corrected chi connectivity index (χ3v) is 7.27. The average molecular weight is 351 g/mol. The molecule has 2 aliphatic rings. The molecule has 6 heteroatoms. The van der Waals surface area contributed by atoms with E-state index >= 15 is 0 Å². The van der Waals surface area contributed by atoms with Crippen LogP contribution in [0.4, 0.5) is 0 Å². The summed E-state index contributed by atoms with van der Waals surface area (Å²) in [6.45, 7) is 1.16. The average Bonchev–Trinajstić information content (AvgIpc) is 3.19. The Kier molecular flexibility index (Phi) is 5.25. The van der Waals surface area contributed by atoms with Crippen molar-refractivity contribution in [3.63, 3.8) is 0 Å². The lowest BCUT2D eigenvalue weighted by Crippen LogP contribution is -2.33. The van der Waals surface area contributed by atoms with Crippen LogP contribution in [0.5, 0.6) is 0 Å². The second-order valence-corrected chi connectivity index (χ2v) is 9.16. The summed E-state index contributed by atoms with van der Waals surface area (Å²) in [4.78, 5) is 11.1. The molecule has 0 amide bonds. The number of carboxylic acid groups (broad SMARTS) is 1. The Morgan fingerprint density at radius 3 is 2.62 bits per heavy atom. The molecule has 0 radical (unpaired) electrons. The van der Waals surface area contributed by atoms with Crippen LogP contribution in [0.3, 0.4) is 0 Å². The smallest absolute Gasteiger partial charge is 0.335 e. The summed E-state index contributed by atoms with van der Waals surface area (Å²) in [6, 6.07) is 6.95. The molecule has 0 bridgehead atoms. The maximum Gasteiger partial charge on any atom is 0.335 e. The van der Waals surface area contributed by atoms with Gasteiger partial charge in [0.15, 0.2) is 0 Å². The van der Waals surface area contributed by atoms with Gasteiger partial charge in [0.2, 0.25) is 10.0 Å². The van der Waals surface area contributed by atoms with Gasteiger partial charge in [0.05, 0.1) is 11.3 Å². The molecule has 2 fully saturated rings. The number of benzene rings is 1. The lowest BCUT2D eigenvalue weighted by Gasteiger charge is -2.19. The zero-order valence-electron chi connectivity index (χ0n) is 13.9. The van der Waals surface area contributed by atoms with Gasteiger partial charge < -0.3 is 5.11 Å². The van der Waals surface area contributed by atoms with Crippen molar-refractivity contribution in [1.82, 2.24) is 4.31 Å². The fraction of sp³-hybridized carbons (Fsp3) is 0.611. The number of hydrogen-bond donors (Lipinski definition) is 1. The SMILES string of the molecule is O=C(O)c1cccc(CC2CCN(S(=O)(=O)CC3CCCC3)C2)c1. The predicted octanol–water partition coefficient (Wildman–Crippen LogP) is 2.77. The Morgan fingerprint density at radius 1 is 1.17 bits per heavy atom. The maximum absolute atomic E-state index is 12.6. The number of aromatic carboxylic acids is 1. The van der Waals surface area contributed by atoms with E-state index < -0.39 is 16.0 Å². The molecule has 132 valence electrons. The van der Waals surface area contributed by atoms with Crippen LogP contribution in [0, 0.1) is 11.8 Å². The zero-order chi connectivity index (χ0) is 17.2. The number of carbonyl (C=O) groups is 1. The Bertz CT molecular complexity index is 695. The van der Waals surface area contributed by atoms with Gasteiger partial charge in [-0.3, -0.25) is 0 Å². The van der Waals surface area contributed by atoms with Gasteiger partial charge in [-0.1, -0.05) is 25.0 Å². The van der Waals surface area contributed by atoms with Gasteiger partial charge in [0.1, 0.15) is 0 Å². The molecule has 0 aromatic heterocycles. The molecule has 1 N–H and O–H groups in total. The number of carboxylic acids is 1. The van der Waals surface area contributed by atoms with Gasteiger partial charge in [-0.05, 0) is 55.2 Å². The zero-order valence-corrected chi connectivity index (χ0v) is 14.7. The molecule has 1 aromatic carbocycles. The van der Waals surface area contributed by atoms with Crippen molar-refractivity contribution in [3.05, 3.63) is 35.4 Å². The number of nitrogens with zero attached hydrogens (tertiary/aromatic N) is 1. The van der Waals surface area contributed by atoms with E-state index in [4.69, 9.17) is 5.11 Å². The van der Waals surface area contributed by atoms with Crippen molar-refractivity contribution in [2.24, 2.45) is 11.8 Å². The quantitative estimate of drug-likeness (QED) is 0.855. The predicted molar refractivity (Wildman–Crippen MR) is 92.5 cm³/mol. The van der Waals surface area contributed by atoms with Gasteiger partial charge in [0.25, 0.3) is 0 Å². The third-order valence-electron chi connectivity index (χ3n) is 5.26. The molecule has 1 saturated heterocycles. The summed E-state index contributed by atoms with van der Waals surface area (Å²) in [5, 5.41) is 9.07. The minimum Gasteiger partial charge on any atom is -0.478 e. The maximum atomic E-state index is 12.6. The van der Waals surface area contributed by atoms with Crippen molar-refractivity contribution < 1.29 is 18.3 Å². The number of rotatable bonds is 6. The van der Waals surface area contributed by atoms with Crippen LogP contribution >= 0.6 is 0 Å². The number of sulfonamides is 1. The van der Waals surface area contributed by atoms with Crippen molar-refractivity contribution >= 4 is 16.0 Å². The second kappa shape index (κ2) is 7.23. The van der Waals surface area contributed by atoms with Crippen LogP contribution in [-0.2, 0) is 16.4 Å². The first-order valence-electron chi connectivity index (χ1n) is 8.74. The molecular formula is C18H25NO4S. The first-order chi connectivity index (χ1) is 11.4. The van der Waals surface area contributed by atoms with Gasteiger partial charge in [-0.15, -0.1) is 0 Å². The summed E-state index contributed by atoms with van der Waals surface area (Å²) in [5.41, 5.74) is 1.26. The van der Waals surface area contributed by atoms with Crippen LogP contribution in [-0.4, -0.2) is 42.6 Å². The molecule has 1 unspecified atom stereocenters. The van der Waals surface area contributed by atoms with E-state index in [2.05, 4.69) is 0 Å². The van der Waals surface area contributed by atoms with Crippen LogP contribution in [0.2, 0.25) is 0 Å². The first-order valence-corrected chi connectivity index (χ1v) is 10.3. The van der Waals surface area contributed by atoms with Crippen molar-refractivity contribution in [1.29, 1.82) is 0 Å². The summed E-state index contributed by atoms with van der Waals surface area (Å²) < 4.78 is 26.8. The highest BCUT2D eigenvalue weighted by atomic mass is 32.2. The normalized spacial score (nSPS) is 22.9. The van der Waals surface area contributed by atoms with Crippen LogP contribution < -0.4 is 0 Å². The molecule has 5 nitrogen and oxygen atoms in total. The van der Waals surface area contributed by atoms with Crippen LogP contribution in [0.25, 0.3) is 0 Å². The van der Waals surface area contributed by atoms with E-state index in [0.717, 1.165) is 44.1 Å². The first kappa shape index (κ1) is 17.4. The topological polar surface area (TPSA) is 74.7 Å². The molecular weight excluding hydrogens is 326 g/mol. The fourth-order valence-corrected chi connectivity index (χ4v) is 5.92. The largest absolute Gasteiger partial charge is 0.478 e. The molecule has 1 aliphatic heterocycles. The van der Waals surface area contributed by atoms with E-state index in [1.54, 1.807) is 22.5 Å². The third kappa shape index (κ3) is 4.16. The molecule has 3 rings (SSSR count). The summed E-state index contributed by atoms with van der Waals surface area (Å²) >= 11 is 0. The Balaban J connectivity index is 1.58. The molecule has 1 aromatic rings. The van der Waals surface area contributed by atoms with Crippen molar-refractivity contribution in [2.45, 2.75) is 38.5 Å². The molecule has 1 aliphatic carbocycles. The minimum atomic E-state index is -3.15. The van der Waals surface area contributed by atoms with E-state index in [1.165, 1.54) is 0 Å². The molecule has 0 spiro atoms. The van der Waals surface area contributed by atoms with Gasteiger partial charge in [-0.2, -0.15) is 0 Å². The van der Waals surface area contributed by atoms with Crippen molar-refractivity contribution in [3.8, 4) is 0 Å². The fourth-order valence-electron chi connectivity index (χ4n) is 3.96. The highest BCUT2D eigenvalue weighted by Crippen LogP contribution is 2.29. The van der Waals surface area contributed by atoms with E-state index in [-0.39, 0.29) is 11.5 Å². The summed E-state index contributed by atoms with van der Waals surface area (Å²) in [5.74, 6) is -0.0217. The Labute approximate surface area is 143 Å². The highest BCUT2D eigenvalue weighted by molar-refractivity contribution is 7.89. The lowest BCUT2D eigenvalue weighted by atomic mass is 9.97. The highest BCUT2D eigenvalue weighted by Gasteiger charge is 2.33. The van der Waals surface area contributed by atoms with E-state index in [1.807, 2.05) is 6.07 Å². The summed E-state index contributed by atoms with van der Waals surface area (Å²) in [6.07, 6.45) is 5.97. The van der Waals surface area contributed by atoms with E-state index in [9.17, 15) is 13.2 Å². The molecule has 1 atom stereocenters. The molecule has 1 heterocycles. The molecule has 1 saturated carbocycles.